The largest absolute Gasteiger partial charge is 0.489 e. The minimum absolute atomic E-state index is 0.0507. The van der Waals surface area contributed by atoms with Gasteiger partial charge in [-0.05, 0) is 58.4 Å². The van der Waals surface area contributed by atoms with E-state index in [2.05, 4.69) is 26.3 Å². The van der Waals surface area contributed by atoms with Gasteiger partial charge in [-0.2, -0.15) is 0 Å². The minimum Gasteiger partial charge on any atom is -0.489 e. The number of benzene rings is 2. The van der Waals surface area contributed by atoms with Gasteiger partial charge in [0.25, 0.3) is 6.47 Å². The lowest BCUT2D eigenvalue weighted by Crippen LogP contribution is -2.10. The summed E-state index contributed by atoms with van der Waals surface area (Å²) in [5, 5.41) is 0. The molecule has 0 radical (unpaired) electrons. The van der Waals surface area contributed by atoms with Crippen LogP contribution in [-0.2, 0) is 19.2 Å². The van der Waals surface area contributed by atoms with Crippen molar-refractivity contribution in [1.82, 2.24) is 0 Å². The maximum atomic E-state index is 11.9. The number of allylic oxidation sites excluding steroid dienone is 1. The van der Waals surface area contributed by atoms with Gasteiger partial charge in [0.15, 0.2) is 0 Å². The summed E-state index contributed by atoms with van der Waals surface area (Å²) in [6, 6.07) is 8.74. The summed E-state index contributed by atoms with van der Waals surface area (Å²) in [6.07, 6.45) is 3.28. The van der Waals surface area contributed by atoms with Gasteiger partial charge in [-0.3, -0.25) is 4.79 Å². The highest BCUT2D eigenvalue weighted by Crippen LogP contribution is 2.29. The molecule has 0 bridgehead atoms. The number of esters is 3. The number of carbonyl (C=O) groups is 4. The zero-order valence-corrected chi connectivity index (χ0v) is 23.9. The zero-order valence-electron chi connectivity index (χ0n) is 23.9. The fourth-order valence-electron chi connectivity index (χ4n) is 2.53. The van der Waals surface area contributed by atoms with E-state index in [-0.39, 0.29) is 58.5 Å². The molecule has 9 nitrogen and oxygen atoms in total. The maximum Gasteiger partial charge on any atom is 0.338 e. The summed E-state index contributed by atoms with van der Waals surface area (Å²) in [5.74, 6) is -1.17. The molecule has 2 rings (SSSR count). The molecule has 216 valence electrons. The van der Waals surface area contributed by atoms with Crippen molar-refractivity contribution >= 4 is 30.5 Å². The molecule has 0 atom stereocenters. The fraction of sp³-hybridized carbons (Fsp3) is 0.188. The lowest BCUT2D eigenvalue weighted by Gasteiger charge is -2.10. The van der Waals surface area contributed by atoms with E-state index in [1.54, 1.807) is 24.3 Å². The van der Waals surface area contributed by atoms with Gasteiger partial charge in [-0.1, -0.05) is 31.4 Å². The van der Waals surface area contributed by atoms with Crippen LogP contribution >= 0.6 is 0 Å². The Labute approximate surface area is 240 Å². The predicted molar refractivity (Wildman–Crippen MR) is 156 cm³/mol. The number of carbonyl (C=O) groups excluding carboxylic acids is 4. The molecule has 0 amide bonds. The van der Waals surface area contributed by atoms with Crippen LogP contribution in [0.1, 0.15) is 40.2 Å². The van der Waals surface area contributed by atoms with Crippen molar-refractivity contribution in [3.8, 4) is 28.7 Å². The summed E-state index contributed by atoms with van der Waals surface area (Å²) in [4.78, 5) is 46.4. The van der Waals surface area contributed by atoms with Crippen LogP contribution in [0, 0.1) is 0 Å². The van der Waals surface area contributed by atoms with Crippen LogP contribution in [0.5, 0.6) is 28.7 Å². The quantitative estimate of drug-likeness (QED) is 0.0961. The second kappa shape index (κ2) is 16.7. The molecule has 0 heterocycles. The van der Waals surface area contributed by atoms with Crippen LogP contribution in [0.15, 0.2) is 91.1 Å². The smallest absolute Gasteiger partial charge is 0.338 e. The molecule has 0 unspecified atom stereocenters. The molecule has 0 N–H and O–H groups in total. The number of rotatable bonds is 12. The highest BCUT2D eigenvalue weighted by molar-refractivity contribution is 5.90. The van der Waals surface area contributed by atoms with Gasteiger partial charge in [-0.15, -0.1) is 6.58 Å². The van der Waals surface area contributed by atoms with Crippen molar-refractivity contribution in [3.05, 3.63) is 96.6 Å². The van der Waals surface area contributed by atoms with Crippen molar-refractivity contribution in [1.29, 1.82) is 0 Å². The lowest BCUT2D eigenvalue weighted by molar-refractivity contribution is -0.131. The van der Waals surface area contributed by atoms with Gasteiger partial charge < -0.3 is 23.7 Å². The fourth-order valence-corrected chi connectivity index (χ4v) is 2.53. The molecule has 0 spiro atoms. The summed E-state index contributed by atoms with van der Waals surface area (Å²) >= 11 is 0. The molecule has 0 aromatic heterocycles. The predicted octanol–water partition coefficient (Wildman–Crippen LogP) is 6.34. The summed E-state index contributed by atoms with van der Waals surface area (Å²) < 4.78 is 26.2. The number of ether oxygens (including phenoxy) is 5. The Morgan fingerprint density at radius 1 is 0.634 bits per heavy atom. The monoisotopic (exact) mass is 562 g/mol. The molecule has 0 aliphatic rings. The normalized spacial score (nSPS) is 9.88. The van der Waals surface area contributed by atoms with Gasteiger partial charge in [0, 0.05) is 41.0 Å². The SMILES string of the molecule is C=C(C)C.C=C(C)C(=O)Oc1cc(OC=O)cc(OC/C=C\c2cc(OC(=O)C(=C)C)cc(OC(=O)C(=C)C)c2)c1. The summed E-state index contributed by atoms with van der Waals surface area (Å²) in [7, 11) is 0. The Morgan fingerprint density at radius 3 is 1.41 bits per heavy atom. The van der Waals surface area contributed by atoms with E-state index in [1.165, 1.54) is 50.6 Å². The topological polar surface area (TPSA) is 114 Å². The van der Waals surface area contributed by atoms with Gasteiger partial charge >= 0.3 is 17.9 Å². The lowest BCUT2D eigenvalue weighted by atomic mass is 10.2. The van der Waals surface area contributed by atoms with Crippen molar-refractivity contribution in [2.45, 2.75) is 34.6 Å². The van der Waals surface area contributed by atoms with Crippen LogP contribution in [0.4, 0.5) is 0 Å². The third-order valence-electron chi connectivity index (χ3n) is 4.27. The average molecular weight is 563 g/mol. The third-order valence-corrected chi connectivity index (χ3v) is 4.27. The number of hydrogen-bond acceptors (Lipinski definition) is 9. The number of hydrogen-bond donors (Lipinski definition) is 0. The van der Waals surface area contributed by atoms with Gasteiger partial charge in [0.2, 0.25) is 0 Å². The molecule has 41 heavy (non-hydrogen) atoms. The van der Waals surface area contributed by atoms with Crippen molar-refractivity contribution < 1.29 is 42.9 Å². The third kappa shape index (κ3) is 13.4. The maximum absolute atomic E-state index is 11.9. The molecular weight excluding hydrogens is 528 g/mol. The first-order valence-corrected chi connectivity index (χ1v) is 12.2. The summed E-state index contributed by atoms with van der Waals surface area (Å²) in [5.41, 5.74) is 2.29. The highest BCUT2D eigenvalue weighted by Gasteiger charge is 2.12. The minimum atomic E-state index is -0.649. The van der Waals surface area contributed by atoms with Crippen LogP contribution in [-0.4, -0.2) is 31.0 Å². The van der Waals surface area contributed by atoms with Gasteiger partial charge in [0.05, 0.1) is 0 Å². The first-order chi connectivity index (χ1) is 19.2. The molecule has 2 aromatic carbocycles. The Bertz CT molecular complexity index is 1330. The molecule has 0 fully saturated rings. The Hall–Kier alpha value is -5.18. The molecule has 9 heteroatoms. The Balaban J connectivity index is 0.00000196. The Kier molecular flexibility index (Phi) is 13.8. The van der Waals surface area contributed by atoms with Gasteiger partial charge in [0.1, 0.15) is 35.4 Å². The molecule has 0 saturated heterocycles. The van der Waals surface area contributed by atoms with E-state index in [0.717, 1.165) is 0 Å². The van der Waals surface area contributed by atoms with Crippen LogP contribution < -0.4 is 23.7 Å². The van der Waals surface area contributed by atoms with E-state index in [9.17, 15) is 19.2 Å². The van der Waals surface area contributed by atoms with E-state index < -0.39 is 17.9 Å². The first kappa shape index (κ1) is 33.8. The second-order valence-corrected chi connectivity index (χ2v) is 9.02. The molecule has 0 aliphatic heterocycles. The van der Waals surface area contributed by atoms with Gasteiger partial charge in [-0.25, -0.2) is 14.4 Å². The van der Waals surface area contributed by atoms with Crippen LogP contribution in [0.2, 0.25) is 0 Å². The molecule has 2 aromatic rings. The van der Waals surface area contributed by atoms with Crippen molar-refractivity contribution in [2.75, 3.05) is 6.61 Å². The van der Waals surface area contributed by atoms with Crippen LogP contribution in [0.3, 0.4) is 0 Å². The van der Waals surface area contributed by atoms with E-state index in [0.29, 0.717) is 5.56 Å². The summed E-state index contributed by atoms with van der Waals surface area (Å²) in [6.45, 7) is 22.9. The molecule has 0 aliphatic carbocycles. The first-order valence-electron chi connectivity index (χ1n) is 12.2. The Morgan fingerprint density at radius 2 is 1.00 bits per heavy atom. The van der Waals surface area contributed by atoms with E-state index >= 15 is 0 Å². The van der Waals surface area contributed by atoms with Crippen molar-refractivity contribution in [2.24, 2.45) is 0 Å². The average Bonchev–Trinajstić information content (AvgIpc) is 2.86. The van der Waals surface area contributed by atoms with E-state index in [4.69, 9.17) is 23.7 Å². The van der Waals surface area contributed by atoms with Crippen LogP contribution in [0.25, 0.3) is 6.08 Å². The zero-order chi connectivity index (χ0) is 31.1. The molecular formula is C32H34O9. The highest BCUT2D eigenvalue weighted by atomic mass is 16.6. The second-order valence-electron chi connectivity index (χ2n) is 9.02. The van der Waals surface area contributed by atoms with Crippen molar-refractivity contribution in [3.63, 3.8) is 0 Å². The standard InChI is InChI=1S/C28H26O9.C4H8/c1-17(2)26(30)35-23-10-20(11-24(15-23)36-27(31)18(3)4)8-7-9-33-21-12-22(34-16-29)14-25(13-21)37-28(32)19(5)6;1-4(2)3/h7-8,10-16H,1,3,5,9H2,2,4,6H3;1H2,2-3H3/b8-7-;. The van der Waals surface area contributed by atoms with E-state index in [1.807, 2.05) is 13.8 Å². The molecule has 0 saturated carbocycles.